The van der Waals surface area contributed by atoms with E-state index in [4.69, 9.17) is 4.74 Å². The van der Waals surface area contributed by atoms with Crippen molar-refractivity contribution in [3.8, 4) is 5.75 Å². The Morgan fingerprint density at radius 3 is 2.79 bits per heavy atom. The lowest BCUT2D eigenvalue weighted by molar-refractivity contribution is 0.0767. The van der Waals surface area contributed by atoms with Crippen LogP contribution in [-0.2, 0) is 6.54 Å². The molecule has 2 aromatic rings. The molecule has 1 fully saturated rings. The van der Waals surface area contributed by atoms with Gasteiger partial charge in [-0.15, -0.1) is 5.10 Å². The van der Waals surface area contributed by atoms with Gasteiger partial charge in [-0.2, -0.15) is 0 Å². The smallest absolute Gasteiger partial charge is 0.276 e. The van der Waals surface area contributed by atoms with Crippen LogP contribution in [0.2, 0.25) is 0 Å². The largest absolute Gasteiger partial charge is 0.496 e. The number of aryl methyl sites for hydroxylation is 1. The molecule has 0 aliphatic carbocycles. The van der Waals surface area contributed by atoms with Crippen LogP contribution in [-0.4, -0.2) is 64.0 Å². The maximum atomic E-state index is 12.5. The van der Waals surface area contributed by atoms with Crippen LogP contribution in [0.4, 0.5) is 0 Å². The van der Waals surface area contributed by atoms with Crippen LogP contribution in [0.1, 0.15) is 54.3 Å². The van der Waals surface area contributed by atoms with Crippen LogP contribution in [0.5, 0.6) is 5.75 Å². The molecule has 1 aromatic heterocycles. The molecule has 0 bridgehead atoms. The van der Waals surface area contributed by atoms with E-state index in [0.717, 1.165) is 43.8 Å². The van der Waals surface area contributed by atoms with Gasteiger partial charge in [0.15, 0.2) is 5.69 Å². The summed E-state index contributed by atoms with van der Waals surface area (Å²) >= 11 is 0. The number of piperidine rings is 1. The maximum Gasteiger partial charge on any atom is 0.276 e. The van der Waals surface area contributed by atoms with E-state index in [9.17, 15) is 4.79 Å². The molecule has 0 N–H and O–H groups in total. The van der Waals surface area contributed by atoms with Crippen LogP contribution >= 0.6 is 0 Å². The molecule has 7 nitrogen and oxygen atoms in total. The number of rotatable bonds is 7. The van der Waals surface area contributed by atoms with Crippen molar-refractivity contribution in [3.05, 3.63) is 41.2 Å². The highest BCUT2D eigenvalue weighted by Crippen LogP contribution is 2.24. The Hall–Kier alpha value is -2.41. The zero-order valence-corrected chi connectivity index (χ0v) is 17.4. The molecule has 1 amide bonds. The Morgan fingerprint density at radius 1 is 1.32 bits per heavy atom. The minimum absolute atomic E-state index is 0.0439. The summed E-state index contributed by atoms with van der Waals surface area (Å²) in [6.45, 7) is 10.3. The Labute approximate surface area is 167 Å². The number of nitrogens with zero attached hydrogens (tertiary/aromatic N) is 5. The maximum absolute atomic E-state index is 12.5. The highest BCUT2D eigenvalue weighted by atomic mass is 16.5. The summed E-state index contributed by atoms with van der Waals surface area (Å²) in [5, 5.41) is 8.40. The Morgan fingerprint density at radius 2 is 2.11 bits per heavy atom. The monoisotopic (exact) mass is 385 g/mol. The first-order chi connectivity index (χ1) is 13.5. The van der Waals surface area contributed by atoms with Crippen molar-refractivity contribution in [2.24, 2.45) is 0 Å². The summed E-state index contributed by atoms with van der Waals surface area (Å²) in [6.07, 6.45) is 3.98. The fourth-order valence-corrected chi connectivity index (χ4v) is 3.91. The van der Waals surface area contributed by atoms with Gasteiger partial charge >= 0.3 is 0 Å². The minimum atomic E-state index is -0.0439. The van der Waals surface area contributed by atoms with Gasteiger partial charge < -0.3 is 9.64 Å². The average molecular weight is 386 g/mol. The number of aromatic nitrogens is 3. The van der Waals surface area contributed by atoms with E-state index in [1.165, 1.54) is 5.56 Å². The Bertz CT molecular complexity index is 800. The van der Waals surface area contributed by atoms with Crippen LogP contribution in [0.3, 0.4) is 0 Å². The summed E-state index contributed by atoms with van der Waals surface area (Å²) in [6, 6.07) is 6.61. The number of amides is 1. The fraction of sp³-hybridized carbons (Fsp3) is 0.571. The summed E-state index contributed by atoms with van der Waals surface area (Å²) in [4.78, 5) is 16.7. The Balaban J connectivity index is 1.65. The topological polar surface area (TPSA) is 63.5 Å². The van der Waals surface area contributed by atoms with Crippen molar-refractivity contribution in [1.82, 2.24) is 24.8 Å². The molecule has 1 aliphatic heterocycles. The molecule has 28 heavy (non-hydrogen) atoms. The van der Waals surface area contributed by atoms with E-state index in [1.807, 2.05) is 30.8 Å². The van der Waals surface area contributed by atoms with Crippen LogP contribution in [0.15, 0.2) is 24.4 Å². The van der Waals surface area contributed by atoms with Crippen LogP contribution < -0.4 is 4.74 Å². The molecule has 1 saturated heterocycles. The van der Waals surface area contributed by atoms with E-state index in [1.54, 1.807) is 12.0 Å². The summed E-state index contributed by atoms with van der Waals surface area (Å²) in [5.74, 6) is 0.880. The zero-order chi connectivity index (χ0) is 20.1. The Kier molecular flexibility index (Phi) is 6.67. The molecule has 0 saturated carbocycles. The molecule has 152 valence electrons. The predicted molar refractivity (Wildman–Crippen MR) is 109 cm³/mol. The summed E-state index contributed by atoms with van der Waals surface area (Å²) in [7, 11) is 1.70. The lowest BCUT2D eigenvalue weighted by atomic mass is 10.0. The van der Waals surface area contributed by atoms with Crippen LogP contribution in [0, 0.1) is 6.92 Å². The number of carbonyl (C=O) groups excluding carboxylic acids is 1. The second kappa shape index (κ2) is 9.19. The van der Waals surface area contributed by atoms with Gasteiger partial charge in [-0.05, 0) is 57.4 Å². The first-order valence-electron chi connectivity index (χ1n) is 10.1. The molecule has 1 unspecified atom stereocenters. The van der Waals surface area contributed by atoms with Gasteiger partial charge in [0.25, 0.3) is 5.91 Å². The minimum Gasteiger partial charge on any atom is -0.496 e. The highest BCUT2D eigenvalue weighted by Gasteiger charge is 2.24. The molecule has 1 aliphatic rings. The number of carbonyl (C=O) groups is 1. The molecular weight excluding hydrogens is 354 g/mol. The predicted octanol–water partition coefficient (Wildman–Crippen LogP) is 2.91. The summed E-state index contributed by atoms with van der Waals surface area (Å²) in [5.41, 5.74) is 2.88. The van der Waals surface area contributed by atoms with Gasteiger partial charge in [0.2, 0.25) is 0 Å². The van der Waals surface area contributed by atoms with Crippen molar-refractivity contribution in [1.29, 1.82) is 0 Å². The second-order valence-corrected chi connectivity index (χ2v) is 7.40. The second-order valence-electron chi connectivity index (χ2n) is 7.40. The van der Waals surface area contributed by atoms with Crippen molar-refractivity contribution >= 4 is 5.91 Å². The quantitative estimate of drug-likeness (QED) is 0.733. The normalized spacial score (nSPS) is 17.5. The van der Waals surface area contributed by atoms with Gasteiger partial charge in [0.05, 0.1) is 19.3 Å². The number of benzene rings is 1. The molecule has 3 rings (SSSR count). The van der Waals surface area contributed by atoms with Crippen LogP contribution in [0.25, 0.3) is 0 Å². The molecule has 7 heteroatoms. The molecule has 0 spiro atoms. The molecule has 2 heterocycles. The zero-order valence-electron chi connectivity index (χ0n) is 17.4. The number of ether oxygens (including phenoxy) is 1. The van der Waals surface area contributed by atoms with Gasteiger partial charge in [-0.25, -0.2) is 4.68 Å². The average Bonchev–Trinajstić information content (AvgIpc) is 3.19. The van der Waals surface area contributed by atoms with Gasteiger partial charge in [0.1, 0.15) is 5.75 Å². The van der Waals surface area contributed by atoms with Gasteiger partial charge in [-0.1, -0.05) is 17.3 Å². The van der Waals surface area contributed by atoms with Crippen molar-refractivity contribution in [2.45, 2.75) is 46.2 Å². The number of methoxy groups -OCH3 is 1. The first kappa shape index (κ1) is 20.3. The third-order valence-electron chi connectivity index (χ3n) is 5.50. The first-order valence-corrected chi connectivity index (χ1v) is 10.1. The lowest BCUT2D eigenvalue weighted by Gasteiger charge is -2.32. The third kappa shape index (κ3) is 4.52. The van der Waals surface area contributed by atoms with Crippen molar-refractivity contribution in [2.75, 3.05) is 33.3 Å². The van der Waals surface area contributed by atoms with Gasteiger partial charge in [0, 0.05) is 26.2 Å². The molecular formula is C21H31N5O2. The molecule has 0 radical (unpaired) electrons. The van der Waals surface area contributed by atoms with Crippen molar-refractivity contribution in [3.63, 3.8) is 0 Å². The van der Waals surface area contributed by atoms with E-state index < -0.39 is 0 Å². The number of likely N-dealkylation sites (tertiary alicyclic amines) is 1. The standard InChI is InChI=1S/C21H31N5O2/c1-5-25(6-2)21(27)19-15-26(23-22-19)18-8-7-11-24(14-18)13-17-9-10-20(28-4)16(3)12-17/h9-10,12,15,18H,5-8,11,13-14H2,1-4H3. The van der Waals surface area contributed by atoms with E-state index in [2.05, 4.69) is 34.3 Å². The van der Waals surface area contributed by atoms with E-state index in [-0.39, 0.29) is 11.9 Å². The van der Waals surface area contributed by atoms with E-state index >= 15 is 0 Å². The number of hydrogen-bond acceptors (Lipinski definition) is 5. The number of hydrogen-bond donors (Lipinski definition) is 0. The van der Waals surface area contributed by atoms with Crippen molar-refractivity contribution < 1.29 is 9.53 Å². The fourth-order valence-electron chi connectivity index (χ4n) is 3.91. The summed E-state index contributed by atoms with van der Waals surface area (Å²) < 4.78 is 7.23. The SMILES string of the molecule is CCN(CC)C(=O)c1cn(C2CCCN(Cc3ccc(OC)c(C)c3)C2)nn1. The lowest BCUT2D eigenvalue weighted by Crippen LogP contribution is -2.36. The van der Waals surface area contributed by atoms with E-state index in [0.29, 0.717) is 18.8 Å². The van der Waals surface area contributed by atoms with Gasteiger partial charge in [-0.3, -0.25) is 9.69 Å². The molecule has 1 aromatic carbocycles. The highest BCUT2D eigenvalue weighted by molar-refractivity contribution is 5.91. The third-order valence-corrected chi connectivity index (χ3v) is 5.50. The molecule has 1 atom stereocenters.